The van der Waals surface area contributed by atoms with E-state index in [4.69, 9.17) is 11.6 Å². The van der Waals surface area contributed by atoms with Gasteiger partial charge in [-0.1, -0.05) is 13.0 Å². The van der Waals surface area contributed by atoms with Crippen LogP contribution in [-0.2, 0) is 5.88 Å². The van der Waals surface area contributed by atoms with Crippen molar-refractivity contribution in [2.75, 3.05) is 11.9 Å². The summed E-state index contributed by atoms with van der Waals surface area (Å²) < 4.78 is 0. The highest BCUT2D eigenvalue weighted by Crippen LogP contribution is 2.34. The number of alkyl halides is 1. The second-order valence-electron chi connectivity index (χ2n) is 5.74. The molecule has 1 aliphatic carbocycles. The number of halogens is 1. The van der Waals surface area contributed by atoms with Crippen LogP contribution < -0.4 is 4.90 Å². The Morgan fingerprint density at radius 2 is 2.00 bits per heavy atom. The first-order valence-electron chi connectivity index (χ1n) is 7.09. The third-order valence-corrected chi connectivity index (χ3v) is 4.61. The topological polar surface area (TPSA) is 46.4 Å². The van der Waals surface area contributed by atoms with Gasteiger partial charge in [0.2, 0.25) is 0 Å². The Balaban J connectivity index is 2.24. The molecule has 0 unspecified atom stereocenters. The second kappa shape index (κ2) is 6.44. The van der Waals surface area contributed by atoms with Crippen LogP contribution in [0.15, 0.2) is 18.2 Å². The van der Waals surface area contributed by atoms with Crippen LogP contribution in [0, 0.1) is 16.0 Å². The second-order valence-corrected chi connectivity index (χ2v) is 6.01. The highest BCUT2D eigenvalue weighted by atomic mass is 35.5. The SMILES string of the molecule is CC1CCC(N(C)c2ccc(CCl)cc2[N+](=O)[O-])CC1. The van der Waals surface area contributed by atoms with Gasteiger partial charge in [-0.05, 0) is 43.2 Å². The molecule has 0 aliphatic heterocycles. The Morgan fingerprint density at radius 3 is 2.55 bits per heavy atom. The van der Waals surface area contributed by atoms with Crippen LogP contribution in [0.4, 0.5) is 11.4 Å². The molecule has 1 aromatic carbocycles. The van der Waals surface area contributed by atoms with Crippen molar-refractivity contribution in [3.8, 4) is 0 Å². The summed E-state index contributed by atoms with van der Waals surface area (Å²) in [5.74, 6) is 1.07. The van der Waals surface area contributed by atoms with E-state index in [1.807, 2.05) is 19.2 Å². The zero-order valence-corrected chi connectivity index (χ0v) is 12.8. The molecule has 0 aromatic heterocycles. The van der Waals surface area contributed by atoms with E-state index in [9.17, 15) is 10.1 Å². The van der Waals surface area contributed by atoms with Crippen LogP contribution in [0.2, 0.25) is 0 Å². The standard InChI is InChI=1S/C15H21ClN2O2/c1-11-3-6-13(7-4-11)17(2)14-8-5-12(10-16)9-15(14)18(19)20/h5,8-9,11,13H,3-4,6-7,10H2,1-2H3. The van der Waals surface area contributed by atoms with Gasteiger partial charge in [-0.15, -0.1) is 11.6 Å². The van der Waals surface area contributed by atoms with Crippen molar-refractivity contribution in [3.05, 3.63) is 33.9 Å². The quantitative estimate of drug-likeness (QED) is 0.471. The van der Waals surface area contributed by atoms with E-state index in [-0.39, 0.29) is 10.6 Å². The summed E-state index contributed by atoms with van der Waals surface area (Å²) in [4.78, 5) is 13.0. The van der Waals surface area contributed by atoms with E-state index in [2.05, 4.69) is 11.8 Å². The summed E-state index contributed by atoms with van der Waals surface area (Å²) in [7, 11) is 1.96. The number of rotatable bonds is 4. The van der Waals surface area contributed by atoms with Gasteiger partial charge in [0.15, 0.2) is 0 Å². The van der Waals surface area contributed by atoms with Crippen molar-refractivity contribution in [1.29, 1.82) is 0 Å². The molecule has 0 radical (unpaired) electrons. The van der Waals surface area contributed by atoms with Gasteiger partial charge >= 0.3 is 0 Å². The summed E-state index contributed by atoms with van der Waals surface area (Å²) in [6.45, 7) is 2.27. The van der Waals surface area contributed by atoms with Crippen molar-refractivity contribution in [2.45, 2.75) is 44.5 Å². The van der Waals surface area contributed by atoms with Crippen LogP contribution in [0.3, 0.4) is 0 Å². The van der Waals surface area contributed by atoms with Crippen molar-refractivity contribution in [2.24, 2.45) is 5.92 Å². The number of hydrogen-bond acceptors (Lipinski definition) is 3. The van der Waals surface area contributed by atoms with Gasteiger partial charge in [-0.25, -0.2) is 0 Å². The van der Waals surface area contributed by atoms with Gasteiger partial charge < -0.3 is 4.90 Å². The molecule has 2 rings (SSSR count). The number of benzene rings is 1. The third kappa shape index (κ3) is 3.23. The van der Waals surface area contributed by atoms with E-state index in [0.29, 0.717) is 17.6 Å². The zero-order chi connectivity index (χ0) is 14.7. The number of nitrogens with zero attached hydrogens (tertiary/aromatic N) is 2. The molecule has 1 aliphatic rings. The van der Waals surface area contributed by atoms with Gasteiger partial charge in [-0.3, -0.25) is 10.1 Å². The monoisotopic (exact) mass is 296 g/mol. The lowest BCUT2D eigenvalue weighted by atomic mass is 9.86. The Morgan fingerprint density at radius 1 is 1.35 bits per heavy atom. The lowest BCUT2D eigenvalue weighted by Gasteiger charge is -2.34. The molecule has 0 atom stereocenters. The minimum absolute atomic E-state index is 0.157. The fraction of sp³-hybridized carbons (Fsp3) is 0.600. The fourth-order valence-corrected chi connectivity index (χ4v) is 3.09. The maximum atomic E-state index is 11.3. The summed E-state index contributed by atoms with van der Waals surface area (Å²) in [6.07, 6.45) is 4.60. The molecule has 1 aromatic rings. The summed E-state index contributed by atoms with van der Waals surface area (Å²) in [5, 5.41) is 11.3. The van der Waals surface area contributed by atoms with Crippen LogP contribution in [0.25, 0.3) is 0 Å². The highest BCUT2D eigenvalue weighted by Gasteiger charge is 2.26. The number of anilines is 1. The summed E-state index contributed by atoms with van der Waals surface area (Å²) >= 11 is 5.76. The summed E-state index contributed by atoms with van der Waals surface area (Å²) in [6, 6.07) is 5.68. The molecule has 0 saturated heterocycles. The summed E-state index contributed by atoms with van der Waals surface area (Å²) in [5.41, 5.74) is 1.64. The fourth-order valence-electron chi connectivity index (χ4n) is 2.92. The minimum Gasteiger partial charge on any atom is -0.366 e. The molecule has 110 valence electrons. The molecule has 0 heterocycles. The molecule has 0 N–H and O–H groups in total. The highest BCUT2D eigenvalue weighted by molar-refractivity contribution is 6.17. The van der Waals surface area contributed by atoms with E-state index >= 15 is 0 Å². The largest absolute Gasteiger partial charge is 0.366 e. The Bertz CT molecular complexity index is 485. The van der Waals surface area contributed by atoms with E-state index < -0.39 is 0 Å². The molecule has 1 saturated carbocycles. The van der Waals surface area contributed by atoms with Crippen molar-refractivity contribution in [1.82, 2.24) is 0 Å². The van der Waals surface area contributed by atoms with E-state index in [1.165, 1.54) is 12.8 Å². The minimum atomic E-state index is -0.312. The number of nitro benzene ring substituents is 1. The van der Waals surface area contributed by atoms with Crippen LogP contribution in [0.1, 0.15) is 38.2 Å². The average Bonchev–Trinajstić information content (AvgIpc) is 2.46. The van der Waals surface area contributed by atoms with Gasteiger partial charge in [0.1, 0.15) is 5.69 Å². The maximum absolute atomic E-state index is 11.3. The van der Waals surface area contributed by atoms with Crippen LogP contribution in [0.5, 0.6) is 0 Å². The first-order valence-corrected chi connectivity index (χ1v) is 7.62. The molecule has 4 nitrogen and oxygen atoms in total. The Labute approximate surface area is 124 Å². The zero-order valence-electron chi connectivity index (χ0n) is 12.0. The van der Waals surface area contributed by atoms with Crippen molar-refractivity contribution in [3.63, 3.8) is 0 Å². The Hall–Kier alpha value is -1.29. The lowest BCUT2D eigenvalue weighted by Crippen LogP contribution is -2.35. The molecule has 0 amide bonds. The Kier molecular flexibility index (Phi) is 4.86. The lowest BCUT2D eigenvalue weighted by molar-refractivity contribution is -0.384. The first-order chi connectivity index (χ1) is 9.52. The predicted octanol–water partition coefficient (Wildman–Crippen LogP) is 4.35. The normalized spacial score (nSPS) is 22.6. The van der Waals surface area contributed by atoms with E-state index in [1.54, 1.807) is 6.07 Å². The smallest absolute Gasteiger partial charge is 0.292 e. The van der Waals surface area contributed by atoms with Gasteiger partial charge in [0.25, 0.3) is 5.69 Å². The van der Waals surface area contributed by atoms with Gasteiger partial charge in [0.05, 0.1) is 4.92 Å². The van der Waals surface area contributed by atoms with Gasteiger partial charge in [-0.2, -0.15) is 0 Å². The molecular formula is C15H21ClN2O2. The first kappa shape index (κ1) is 15.1. The molecule has 0 spiro atoms. The van der Waals surface area contributed by atoms with Crippen molar-refractivity contribution >= 4 is 23.0 Å². The third-order valence-electron chi connectivity index (χ3n) is 4.30. The van der Waals surface area contributed by atoms with Crippen LogP contribution in [-0.4, -0.2) is 18.0 Å². The number of nitro groups is 1. The molecular weight excluding hydrogens is 276 g/mol. The van der Waals surface area contributed by atoms with Gasteiger partial charge in [0, 0.05) is 25.0 Å². The average molecular weight is 297 g/mol. The maximum Gasteiger partial charge on any atom is 0.292 e. The molecule has 1 fully saturated rings. The van der Waals surface area contributed by atoms with Crippen LogP contribution >= 0.6 is 11.6 Å². The molecule has 0 bridgehead atoms. The van der Waals surface area contributed by atoms with Crippen molar-refractivity contribution < 1.29 is 4.92 Å². The molecule has 5 heteroatoms. The van der Waals surface area contributed by atoms with E-state index in [0.717, 1.165) is 24.3 Å². The number of hydrogen-bond donors (Lipinski definition) is 0. The predicted molar refractivity (Wildman–Crippen MR) is 82.5 cm³/mol. The molecule has 20 heavy (non-hydrogen) atoms.